The number of benzene rings is 1. The van der Waals surface area contributed by atoms with Crippen LogP contribution in [0.3, 0.4) is 0 Å². The molecule has 1 aliphatic carbocycles. The van der Waals surface area contributed by atoms with Gasteiger partial charge in [-0.1, -0.05) is 28.9 Å². The van der Waals surface area contributed by atoms with Crippen LogP contribution in [-0.4, -0.2) is 19.7 Å². The van der Waals surface area contributed by atoms with Crippen molar-refractivity contribution in [1.82, 2.24) is 5.32 Å². The van der Waals surface area contributed by atoms with Gasteiger partial charge in [0, 0.05) is 11.0 Å². The first-order valence-corrected chi connectivity index (χ1v) is 7.12. The molecule has 0 radical (unpaired) electrons. The van der Waals surface area contributed by atoms with Crippen LogP contribution in [0.25, 0.3) is 0 Å². The minimum atomic E-state index is 0.530. The lowest BCUT2D eigenvalue weighted by molar-refractivity contribution is 0.265. The summed E-state index contributed by atoms with van der Waals surface area (Å²) >= 11 is 3.45. The molecule has 0 spiro atoms. The van der Waals surface area contributed by atoms with Crippen LogP contribution in [0.2, 0.25) is 0 Å². The van der Waals surface area contributed by atoms with Crippen molar-refractivity contribution in [1.29, 1.82) is 0 Å². The molecule has 94 valence electrons. The molecule has 2 rings (SSSR count). The normalized spacial score (nSPS) is 16.8. The summed E-state index contributed by atoms with van der Waals surface area (Å²) < 4.78 is 6.86. The number of hydrogen-bond donors (Lipinski definition) is 1. The minimum absolute atomic E-state index is 0.530. The summed E-state index contributed by atoms with van der Waals surface area (Å²) in [6.07, 6.45) is 3.86. The maximum Gasteiger partial charge on any atom is 0.120 e. The zero-order valence-electron chi connectivity index (χ0n) is 10.3. The summed E-state index contributed by atoms with van der Waals surface area (Å²) in [5, 5.41) is 3.45. The molecular formula is C14H20BrNO. The van der Waals surface area contributed by atoms with Crippen molar-refractivity contribution >= 4 is 15.9 Å². The quantitative estimate of drug-likeness (QED) is 0.830. The predicted octanol–water partition coefficient (Wildman–Crippen LogP) is 3.61. The van der Waals surface area contributed by atoms with Gasteiger partial charge in [-0.15, -0.1) is 0 Å². The van der Waals surface area contributed by atoms with E-state index in [9.17, 15) is 0 Å². The SMILES string of the molecule is CCNCC1(CCOc2cccc(Br)c2)CC1. The third kappa shape index (κ3) is 4.00. The van der Waals surface area contributed by atoms with Crippen molar-refractivity contribution in [3.05, 3.63) is 28.7 Å². The van der Waals surface area contributed by atoms with E-state index in [1.807, 2.05) is 24.3 Å². The Kier molecular flexibility index (Phi) is 4.46. The molecule has 0 amide bonds. The van der Waals surface area contributed by atoms with Gasteiger partial charge in [-0.3, -0.25) is 0 Å². The van der Waals surface area contributed by atoms with Crippen molar-refractivity contribution in [2.75, 3.05) is 19.7 Å². The number of halogens is 1. The van der Waals surface area contributed by atoms with Crippen molar-refractivity contribution in [3.8, 4) is 5.75 Å². The monoisotopic (exact) mass is 297 g/mol. The van der Waals surface area contributed by atoms with Gasteiger partial charge < -0.3 is 10.1 Å². The molecule has 1 fully saturated rings. The average molecular weight is 298 g/mol. The molecule has 0 saturated heterocycles. The summed E-state index contributed by atoms with van der Waals surface area (Å²) in [5.74, 6) is 0.957. The fraction of sp³-hybridized carbons (Fsp3) is 0.571. The van der Waals surface area contributed by atoms with Gasteiger partial charge >= 0.3 is 0 Å². The molecule has 0 bridgehead atoms. The lowest BCUT2D eigenvalue weighted by atomic mass is 10.0. The zero-order chi connectivity index (χ0) is 12.1. The third-order valence-electron chi connectivity index (χ3n) is 3.40. The lowest BCUT2D eigenvalue weighted by Gasteiger charge is -2.15. The minimum Gasteiger partial charge on any atom is -0.494 e. The number of rotatable bonds is 7. The molecule has 0 atom stereocenters. The Balaban J connectivity index is 1.72. The highest BCUT2D eigenvalue weighted by Gasteiger charge is 2.41. The molecule has 0 aromatic heterocycles. The Morgan fingerprint density at radius 2 is 2.24 bits per heavy atom. The van der Waals surface area contributed by atoms with Crippen molar-refractivity contribution in [2.24, 2.45) is 5.41 Å². The first-order chi connectivity index (χ1) is 8.24. The Bertz CT molecular complexity index is 363. The fourth-order valence-electron chi connectivity index (χ4n) is 2.02. The van der Waals surface area contributed by atoms with Gasteiger partial charge in [-0.2, -0.15) is 0 Å². The van der Waals surface area contributed by atoms with Gasteiger partial charge in [-0.05, 0) is 49.4 Å². The second kappa shape index (κ2) is 5.87. The molecular weight excluding hydrogens is 278 g/mol. The maximum absolute atomic E-state index is 5.78. The van der Waals surface area contributed by atoms with E-state index in [4.69, 9.17) is 4.74 Å². The molecule has 0 unspecified atom stereocenters. The van der Waals surface area contributed by atoms with Crippen LogP contribution in [0, 0.1) is 5.41 Å². The summed E-state index contributed by atoms with van der Waals surface area (Å²) in [5.41, 5.74) is 0.530. The van der Waals surface area contributed by atoms with Crippen LogP contribution in [0.1, 0.15) is 26.2 Å². The van der Waals surface area contributed by atoms with Crippen LogP contribution in [0.4, 0.5) is 0 Å². The van der Waals surface area contributed by atoms with Gasteiger partial charge in [-0.25, -0.2) is 0 Å². The van der Waals surface area contributed by atoms with Crippen molar-refractivity contribution in [3.63, 3.8) is 0 Å². The Labute approximate surface area is 112 Å². The average Bonchev–Trinajstić information content (AvgIpc) is 3.07. The highest BCUT2D eigenvalue weighted by atomic mass is 79.9. The molecule has 1 aromatic carbocycles. The second-order valence-corrected chi connectivity index (χ2v) is 5.75. The van der Waals surface area contributed by atoms with Gasteiger partial charge in [0.05, 0.1) is 6.61 Å². The standard InChI is InChI=1S/C14H20BrNO/c1-2-16-11-14(6-7-14)8-9-17-13-5-3-4-12(15)10-13/h3-5,10,16H,2,6-9,11H2,1H3. The molecule has 3 heteroatoms. The Morgan fingerprint density at radius 3 is 2.88 bits per heavy atom. The number of nitrogens with one attached hydrogen (secondary N) is 1. The maximum atomic E-state index is 5.78. The zero-order valence-corrected chi connectivity index (χ0v) is 11.9. The largest absolute Gasteiger partial charge is 0.494 e. The topological polar surface area (TPSA) is 21.3 Å². The highest BCUT2D eigenvalue weighted by molar-refractivity contribution is 9.10. The molecule has 17 heavy (non-hydrogen) atoms. The van der Waals surface area contributed by atoms with Gasteiger partial charge in [0.1, 0.15) is 5.75 Å². The lowest BCUT2D eigenvalue weighted by Crippen LogP contribution is -2.25. The Hall–Kier alpha value is -0.540. The van der Waals surface area contributed by atoms with E-state index in [1.165, 1.54) is 12.8 Å². The Morgan fingerprint density at radius 1 is 1.41 bits per heavy atom. The van der Waals surface area contributed by atoms with E-state index < -0.39 is 0 Å². The molecule has 0 heterocycles. The molecule has 2 nitrogen and oxygen atoms in total. The molecule has 1 aromatic rings. The van der Waals surface area contributed by atoms with Gasteiger partial charge in [0.25, 0.3) is 0 Å². The van der Waals surface area contributed by atoms with E-state index in [0.29, 0.717) is 5.41 Å². The summed E-state index contributed by atoms with van der Waals surface area (Å²) in [7, 11) is 0. The van der Waals surface area contributed by atoms with Crippen molar-refractivity contribution in [2.45, 2.75) is 26.2 Å². The van der Waals surface area contributed by atoms with E-state index in [0.717, 1.165) is 36.3 Å². The van der Waals surface area contributed by atoms with Crippen LogP contribution < -0.4 is 10.1 Å². The number of ether oxygens (including phenoxy) is 1. The second-order valence-electron chi connectivity index (χ2n) is 4.84. The molecule has 0 aliphatic heterocycles. The molecule has 1 N–H and O–H groups in total. The van der Waals surface area contributed by atoms with Gasteiger partial charge in [0.15, 0.2) is 0 Å². The highest BCUT2D eigenvalue weighted by Crippen LogP contribution is 2.48. The predicted molar refractivity (Wildman–Crippen MR) is 74.5 cm³/mol. The molecule has 1 aliphatic rings. The summed E-state index contributed by atoms with van der Waals surface area (Å²) in [6.45, 7) is 5.19. The van der Waals surface area contributed by atoms with Crippen LogP contribution in [0.5, 0.6) is 5.75 Å². The summed E-state index contributed by atoms with van der Waals surface area (Å²) in [6, 6.07) is 8.05. The van der Waals surface area contributed by atoms with E-state index in [2.05, 4.69) is 28.2 Å². The van der Waals surface area contributed by atoms with Crippen LogP contribution >= 0.6 is 15.9 Å². The van der Waals surface area contributed by atoms with Crippen molar-refractivity contribution < 1.29 is 4.74 Å². The first-order valence-electron chi connectivity index (χ1n) is 6.33. The number of hydrogen-bond acceptors (Lipinski definition) is 2. The molecule has 1 saturated carbocycles. The third-order valence-corrected chi connectivity index (χ3v) is 3.90. The smallest absolute Gasteiger partial charge is 0.120 e. The summed E-state index contributed by atoms with van der Waals surface area (Å²) in [4.78, 5) is 0. The van der Waals surface area contributed by atoms with E-state index in [-0.39, 0.29) is 0 Å². The van der Waals surface area contributed by atoms with Gasteiger partial charge in [0.2, 0.25) is 0 Å². The van der Waals surface area contributed by atoms with Crippen LogP contribution in [0.15, 0.2) is 28.7 Å². The fourth-order valence-corrected chi connectivity index (χ4v) is 2.40. The first kappa shape index (κ1) is 12.9. The van der Waals surface area contributed by atoms with E-state index >= 15 is 0 Å². The van der Waals surface area contributed by atoms with Crippen LogP contribution in [-0.2, 0) is 0 Å². The van der Waals surface area contributed by atoms with E-state index in [1.54, 1.807) is 0 Å².